The van der Waals surface area contributed by atoms with E-state index in [1.165, 1.54) is 4.68 Å². The van der Waals surface area contributed by atoms with E-state index >= 15 is 0 Å². The second-order valence-electron chi connectivity index (χ2n) is 15.0. The number of hydrogen-bond donors (Lipinski definition) is 0. The van der Waals surface area contributed by atoms with Crippen LogP contribution in [0.4, 0.5) is 10.6 Å². The number of carbonyl (C=O) groups excluding carboxylic acids is 2. The van der Waals surface area contributed by atoms with Gasteiger partial charge in [0.15, 0.2) is 0 Å². The molecule has 0 atom stereocenters. The third-order valence-corrected chi connectivity index (χ3v) is 10.1. The zero-order valence-corrected chi connectivity index (χ0v) is 34.9. The highest BCUT2D eigenvalue weighted by atomic mass is 35.5. The molecule has 15 heteroatoms. The zero-order valence-electron chi connectivity index (χ0n) is 34.1. The molecule has 2 aliphatic rings. The normalized spacial score (nSPS) is 13.6. The third kappa shape index (κ3) is 8.67. The fraction of sp³-hybridized carbons (Fsp3) is 0.217. The maximum absolute atomic E-state index is 12.9. The molecule has 7 heterocycles. The number of fused-ring (bicyclic) bond motifs is 2. The smallest absolute Gasteiger partial charge is 0.435 e. The summed E-state index contributed by atoms with van der Waals surface area (Å²) in [6.07, 6.45) is 9.70. The van der Waals surface area contributed by atoms with Gasteiger partial charge in [0.25, 0.3) is 5.91 Å². The van der Waals surface area contributed by atoms with Gasteiger partial charge in [-0.15, -0.1) is 0 Å². The lowest BCUT2D eigenvalue weighted by atomic mass is 9.96. The van der Waals surface area contributed by atoms with Gasteiger partial charge >= 0.3 is 6.09 Å². The second-order valence-corrected chi connectivity index (χ2v) is 15.4. The van der Waals surface area contributed by atoms with Gasteiger partial charge in [0.1, 0.15) is 40.4 Å². The molecule has 5 aromatic heterocycles. The van der Waals surface area contributed by atoms with Crippen molar-refractivity contribution in [3.05, 3.63) is 132 Å². The summed E-state index contributed by atoms with van der Waals surface area (Å²) in [5.41, 5.74) is 9.03. The first kappa shape index (κ1) is 40.7. The summed E-state index contributed by atoms with van der Waals surface area (Å²) in [5, 5.41) is 5.67. The first-order chi connectivity index (χ1) is 29.5. The van der Waals surface area contributed by atoms with Crippen LogP contribution in [0.3, 0.4) is 0 Å². The summed E-state index contributed by atoms with van der Waals surface area (Å²) >= 11 is 6.11. The van der Waals surface area contributed by atoms with Crippen molar-refractivity contribution >= 4 is 46.0 Å². The highest BCUT2D eigenvalue weighted by Crippen LogP contribution is 2.36. The molecule has 0 aliphatic carbocycles. The predicted octanol–water partition coefficient (Wildman–Crippen LogP) is 8.47. The molecule has 1 saturated heterocycles. The monoisotopic (exact) mass is 836 g/mol. The van der Waals surface area contributed by atoms with Crippen molar-refractivity contribution in [3.63, 3.8) is 0 Å². The Morgan fingerprint density at radius 3 is 2.15 bits per heavy atom. The number of amides is 1. The lowest BCUT2D eigenvalue weighted by molar-refractivity contribution is -0.125. The summed E-state index contributed by atoms with van der Waals surface area (Å²) in [4.78, 5) is 48.4. The number of nitrogens with zero attached hydrogens (tertiary/aromatic N) is 8. The minimum absolute atomic E-state index is 0.0781. The van der Waals surface area contributed by atoms with Crippen molar-refractivity contribution in [1.82, 2.24) is 29.7 Å². The number of ether oxygens (including phenoxy) is 4. The van der Waals surface area contributed by atoms with Crippen molar-refractivity contribution in [1.29, 1.82) is 0 Å². The summed E-state index contributed by atoms with van der Waals surface area (Å²) in [6.45, 7) is 7.17. The number of morpholine rings is 1. The molecule has 1 amide bonds. The molecule has 0 bridgehead atoms. The molecule has 0 unspecified atom stereocenters. The number of aromatic nitrogens is 6. The fourth-order valence-electron chi connectivity index (χ4n) is 7.12. The Labute approximate surface area is 356 Å². The predicted molar refractivity (Wildman–Crippen MR) is 232 cm³/mol. The Balaban J connectivity index is 0.000000168. The maximum atomic E-state index is 12.9. The van der Waals surface area contributed by atoms with Gasteiger partial charge in [0.2, 0.25) is 0 Å². The van der Waals surface area contributed by atoms with Crippen LogP contribution in [0.25, 0.3) is 44.4 Å². The maximum Gasteiger partial charge on any atom is 0.435 e. The Morgan fingerprint density at radius 2 is 1.46 bits per heavy atom. The number of hydrogen-bond acceptors (Lipinski definition) is 12. The quantitative estimate of drug-likeness (QED) is 0.142. The molecular weight excluding hydrogens is 796 g/mol. The van der Waals surface area contributed by atoms with E-state index < -0.39 is 11.7 Å². The number of pyridine rings is 4. The van der Waals surface area contributed by atoms with Crippen molar-refractivity contribution in [2.45, 2.75) is 32.9 Å². The number of halogens is 1. The van der Waals surface area contributed by atoms with Crippen molar-refractivity contribution in [2.75, 3.05) is 38.9 Å². The van der Waals surface area contributed by atoms with Crippen LogP contribution in [0.2, 0.25) is 5.15 Å². The minimum atomic E-state index is -0.654. The topological polar surface area (TPSA) is 156 Å². The Kier molecular flexibility index (Phi) is 11.5. The third-order valence-electron chi connectivity index (χ3n) is 9.92. The molecule has 14 nitrogen and oxygen atoms in total. The van der Waals surface area contributed by atoms with E-state index in [0.717, 1.165) is 61.4 Å². The van der Waals surface area contributed by atoms with E-state index in [4.69, 9.17) is 35.5 Å². The average Bonchev–Trinajstić information content (AvgIpc) is 3.88. The molecule has 7 aromatic rings. The highest BCUT2D eigenvalue weighted by Gasteiger charge is 2.26. The van der Waals surface area contributed by atoms with Crippen molar-refractivity contribution in [2.24, 2.45) is 4.99 Å². The van der Waals surface area contributed by atoms with Crippen molar-refractivity contribution in [3.8, 4) is 45.0 Å². The van der Waals surface area contributed by atoms with E-state index in [-0.39, 0.29) is 12.5 Å². The molecule has 0 radical (unpaired) electrons. The minimum Gasteiger partial charge on any atom is -0.496 e. The summed E-state index contributed by atoms with van der Waals surface area (Å²) in [6, 6.07) is 23.0. The first-order valence-corrected chi connectivity index (χ1v) is 19.8. The second kappa shape index (κ2) is 17.3. The SMILES string of the molecule is COc1ccncc1-c1ccc2c(c1)C(c1ccnc(N3CCOCC3=O)c1)=NC2.COc1ccncc1-c1ccc2c(c1)c(-c1ccnc(Cl)c1)nn2C(=O)OC(C)(C)C. The number of anilines is 1. The van der Waals surface area contributed by atoms with Crippen LogP contribution in [0, 0.1) is 0 Å². The van der Waals surface area contributed by atoms with Crippen LogP contribution in [0.5, 0.6) is 11.5 Å². The zero-order chi connectivity index (χ0) is 42.7. The Hall–Kier alpha value is -7.03. The molecule has 308 valence electrons. The molecule has 1 fully saturated rings. The van der Waals surface area contributed by atoms with Gasteiger partial charge in [-0.2, -0.15) is 9.78 Å². The number of aliphatic imine (C=N–C) groups is 1. The summed E-state index contributed by atoms with van der Waals surface area (Å²) in [7, 11) is 3.27. The summed E-state index contributed by atoms with van der Waals surface area (Å²) in [5.74, 6) is 2.02. The van der Waals surface area contributed by atoms with Gasteiger partial charge < -0.3 is 18.9 Å². The van der Waals surface area contributed by atoms with Crippen LogP contribution in [0.15, 0.2) is 115 Å². The van der Waals surface area contributed by atoms with Crippen LogP contribution in [-0.4, -0.2) is 87.0 Å². The lowest BCUT2D eigenvalue weighted by Gasteiger charge is -2.26. The van der Waals surface area contributed by atoms with Crippen LogP contribution >= 0.6 is 11.6 Å². The van der Waals surface area contributed by atoms with Gasteiger partial charge in [0.05, 0.1) is 45.1 Å². The van der Waals surface area contributed by atoms with Gasteiger partial charge in [-0.3, -0.25) is 24.7 Å². The van der Waals surface area contributed by atoms with Crippen LogP contribution in [-0.2, 0) is 20.8 Å². The van der Waals surface area contributed by atoms with Gasteiger partial charge in [-0.1, -0.05) is 29.8 Å². The molecule has 2 aliphatic heterocycles. The molecule has 61 heavy (non-hydrogen) atoms. The molecule has 0 spiro atoms. The largest absolute Gasteiger partial charge is 0.496 e. The number of carbonyl (C=O) groups is 2. The average molecular weight is 837 g/mol. The van der Waals surface area contributed by atoms with Gasteiger partial charge in [0, 0.05) is 70.4 Å². The first-order valence-electron chi connectivity index (χ1n) is 19.4. The van der Waals surface area contributed by atoms with E-state index in [2.05, 4.69) is 43.2 Å². The van der Waals surface area contributed by atoms with E-state index in [1.54, 1.807) is 74.5 Å². The number of benzene rings is 2. The Bertz CT molecular complexity index is 2820. The Morgan fingerprint density at radius 1 is 0.770 bits per heavy atom. The standard InChI is InChI=1S/C23H21ClN4O3.C23H20N4O3/c1-23(2,3)31-22(29)28-18-6-5-14(17-13-25-9-8-19(17)30-4)11-16(18)21(27-28)15-7-10-26-20(24)12-15;1-29-20-5-6-24-13-19(20)15-2-3-17-12-26-23(18(17)10-15)16-4-7-25-21(11-16)27-8-9-30-14-22(27)28/h5-13H,1-4H3;2-7,10-11,13H,8-9,12,14H2,1H3. The van der Waals surface area contributed by atoms with Crippen LogP contribution in [0.1, 0.15) is 37.5 Å². The molecule has 9 rings (SSSR count). The number of rotatable bonds is 7. The number of methoxy groups -OCH3 is 2. The molecule has 0 N–H and O–H groups in total. The molecule has 0 saturated carbocycles. The van der Waals surface area contributed by atoms with E-state index in [0.29, 0.717) is 47.6 Å². The van der Waals surface area contributed by atoms with E-state index in [1.807, 2.05) is 57.2 Å². The van der Waals surface area contributed by atoms with Crippen molar-refractivity contribution < 1.29 is 28.5 Å². The van der Waals surface area contributed by atoms with Crippen LogP contribution < -0.4 is 14.4 Å². The molecular formula is C46H41ClN8O6. The lowest BCUT2D eigenvalue weighted by Crippen LogP contribution is -2.42. The highest BCUT2D eigenvalue weighted by molar-refractivity contribution is 6.29. The summed E-state index contributed by atoms with van der Waals surface area (Å²) < 4.78 is 23.0. The fourth-order valence-corrected chi connectivity index (χ4v) is 7.29. The van der Waals surface area contributed by atoms with Gasteiger partial charge in [-0.25, -0.2) is 14.8 Å². The van der Waals surface area contributed by atoms with Gasteiger partial charge in [-0.05, 0) is 92.1 Å². The molecule has 2 aromatic carbocycles. The van der Waals surface area contributed by atoms with E-state index in [9.17, 15) is 9.59 Å².